The van der Waals surface area contributed by atoms with Gasteiger partial charge >= 0.3 is 0 Å². The van der Waals surface area contributed by atoms with Crippen LogP contribution in [-0.2, 0) is 4.79 Å². The topological polar surface area (TPSA) is 70.6 Å². The maximum Gasteiger partial charge on any atom is 0.262 e. The van der Waals surface area contributed by atoms with Crippen molar-refractivity contribution in [1.82, 2.24) is 10.7 Å². The Labute approximate surface area is 165 Å². The van der Waals surface area contributed by atoms with Crippen LogP contribution in [0, 0.1) is 11.7 Å². The van der Waals surface area contributed by atoms with E-state index in [0.717, 1.165) is 5.56 Å². The maximum atomic E-state index is 13.0. The van der Waals surface area contributed by atoms with E-state index < -0.39 is 23.7 Å². The minimum atomic E-state index is -0.766. The van der Waals surface area contributed by atoms with Crippen molar-refractivity contribution in [3.63, 3.8) is 0 Å². The largest absolute Gasteiger partial charge is 0.340 e. The second-order valence-corrected chi connectivity index (χ2v) is 7.26. The summed E-state index contributed by atoms with van der Waals surface area (Å²) in [4.78, 5) is 24.7. The highest BCUT2D eigenvalue weighted by atomic mass is 19.1. The van der Waals surface area contributed by atoms with Gasteiger partial charge in [-0.3, -0.25) is 9.59 Å². The van der Waals surface area contributed by atoms with E-state index in [1.165, 1.54) is 29.8 Å². The molecule has 0 aliphatic carbocycles. The molecule has 0 aliphatic rings. The Balaban J connectivity index is 1.98. The van der Waals surface area contributed by atoms with Crippen LogP contribution < -0.4 is 10.7 Å². The molecule has 2 rings (SSSR count). The number of rotatable bonds is 7. The first kappa shape index (κ1) is 21.3. The summed E-state index contributed by atoms with van der Waals surface area (Å²) in [5.41, 5.74) is 4.85. The fourth-order valence-electron chi connectivity index (χ4n) is 2.57. The Morgan fingerprint density at radius 2 is 1.57 bits per heavy atom. The Kier molecular flexibility index (Phi) is 7.44. The van der Waals surface area contributed by atoms with Crippen LogP contribution in [0.3, 0.4) is 0 Å². The quantitative estimate of drug-likeness (QED) is 0.563. The summed E-state index contributed by atoms with van der Waals surface area (Å²) < 4.78 is 13.0. The number of hydrazone groups is 1. The molecule has 2 aromatic rings. The molecule has 0 bridgehead atoms. The highest BCUT2D eigenvalue weighted by molar-refractivity contribution is 5.97. The molecule has 2 amide bonds. The molecule has 0 aliphatic heterocycles. The standard InChI is InChI=1S/C22H26FN3O2/c1-14(2)17-7-5-16(6-8-17)13-24-26-22(28)20(15(3)4)25-21(27)18-9-11-19(23)12-10-18/h5-15,20H,1-4H3,(H,25,27)(H,26,28)/b24-13+. The molecule has 0 saturated carbocycles. The van der Waals surface area contributed by atoms with Crippen LogP contribution in [0.15, 0.2) is 53.6 Å². The predicted molar refractivity (Wildman–Crippen MR) is 109 cm³/mol. The third-order valence-corrected chi connectivity index (χ3v) is 4.33. The molecule has 2 aromatic carbocycles. The van der Waals surface area contributed by atoms with Crippen molar-refractivity contribution >= 4 is 18.0 Å². The van der Waals surface area contributed by atoms with Gasteiger partial charge in [-0.15, -0.1) is 0 Å². The third kappa shape index (κ3) is 6.01. The van der Waals surface area contributed by atoms with Gasteiger partial charge in [0.2, 0.25) is 0 Å². The monoisotopic (exact) mass is 383 g/mol. The van der Waals surface area contributed by atoms with Gasteiger partial charge in [0.15, 0.2) is 0 Å². The number of carbonyl (C=O) groups is 2. The van der Waals surface area contributed by atoms with Crippen LogP contribution in [0.2, 0.25) is 0 Å². The van der Waals surface area contributed by atoms with E-state index >= 15 is 0 Å². The molecule has 1 atom stereocenters. The number of halogens is 1. The molecule has 0 aromatic heterocycles. The summed E-state index contributed by atoms with van der Waals surface area (Å²) in [5, 5.41) is 6.66. The molecule has 0 heterocycles. The second-order valence-electron chi connectivity index (χ2n) is 7.26. The van der Waals surface area contributed by atoms with E-state index in [9.17, 15) is 14.0 Å². The summed E-state index contributed by atoms with van der Waals surface area (Å²) in [6.45, 7) is 7.89. The average molecular weight is 383 g/mol. The number of benzene rings is 2. The van der Waals surface area contributed by atoms with Crippen molar-refractivity contribution < 1.29 is 14.0 Å². The number of hydrogen-bond donors (Lipinski definition) is 2. The van der Waals surface area contributed by atoms with Gasteiger partial charge < -0.3 is 5.32 Å². The number of hydrogen-bond acceptors (Lipinski definition) is 3. The summed E-state index contributed by atoms with van der Waals surface area (Å²) in [7, 11) is 0. The maximum absolute atomic E-state index is 13.0. The van der Waals surface area contributed by atoms with E-state index in [4.69, 9.17) is 0 Å². The number of carbonyl (C=O) groups excluding carboxylic acids is 2. The van der Waals surface area contributed by atoms with Gasteiger partial charge in [-0.25, -0.2) is 9.82 Å². The highest BCUT2D eigenvalue weighted by Crippen LogP contribution is 2.14. The molecule has 0 fully saturated rings. The lowest BCUT2D eigenvalue weighted by atomic mass is 10.0. The first-order chi connectivity index (χ1) is 13.3. The van der Waals surface area contributed by atoms with E-state index in [-0.39, 0.29) is 11.5 Å². The molecule has 28 heavy (non-hydrogen) atoms. The first-order valence-electron chi connectivity index (χ1n) is 9.27. The molecule has 5 nitrogen and oxygen atoms in total. The van der Waals surface area contributed by atoms with Crippen molar-refractivity contribution in [2.24, 2.45) is 11.0 Å². The molecular formula is C22H26FN3O2. The summed E-state index contributed by atoms with van der Waals surface area (Å²) >= 11 is 0. The molecule has 6 heteroatoms. The fraction of sp³-hybridized carbons (Fsp3) is 0.318. The second kappa shape index (κ2) is 9.78. The zero-order valence-corrected chi connectivity index (χ0v) is 16.6. The van der Waals surface area contributed by atoms with Gasteiger partial charge in [-0.05, 0) is 47.2 Å². The van der Waals surface area contributed by atoms with Gasteiger partial charge in [0.25, 0.3) is 11.8 Å². The Hall–Kier alpha value is -3.02. The molecule has 0 radical (unpaired) electrons. The van der Waals surface area contributed by atoms with Gasteiger partial charge in [-0.2, -0.15) is 5.10 Å². The van der Waals surface area contributed by atoms with Crippen LogP contribution in [0.5, 0.6) is 0 Å². The summed E-state index contributed by atoms with van der Waals surface area (Å²) in [6.07, 6.45) is 1.56. The fourth-order valence-corrected chi connectivity index (χ4v) is 2.57. The van der Waals surface area contributed by atoms with Crippen LogP contribution in [-0.4, -0.2) is 24.1 Å². The smallest absolute Gasteiger partial charge is 0.262 e. The Bertz CT molecular complexity index is 828. The van der Waals surface area contributed by atoms with Crippen LogP contribution in [0.1, 0.15) is 55.1 Å². The lowest BCUT2D eigenvalue weighted by Crippen LogP contribution is -2.48. The normalized spacial score (nSPS) is 12.4. The van der Waals surface area contributed by atoms with E-state index in [2.05, 4.69) is 29.7 Å². The SMILES string of the molecule is CC(C)c1ccc(/C=N/NC(=O)C(NC(=O)c2ccc(F)cc2)C(C)C)cc1. The van der Waals surface area contributed by atoms with E-state index in [1.807, 2.05) is 38.1 Å². The molecule has 0 spiro atoms. The van der Waals surface area contributed by atoms with Gasteiger partial charge in [0.1, 0.15) is 11.9 Å². The number of amides is 2. The summed E-state index contributed by atoms with van der Waals surface area (Å²) in [5.74, 6) is -0.986. The average Bonchev–Trinajstić information content (AvgIpc) is 2.66. The van der Waals surface area contributed by atoms with Crippen LogP contribution in [0.25, 0.3) is 0 Å². The lowest BCUT2D eigenvalue weighted by molar-refractivity contribution is -0.123. The molecule has 2 N–H and O–H groups in total. The van der Waals surface area contributed by atoms with Crippen LogP contribution in [0.4, 0.5) is 4.39 Å². The van der Waals surface area contributed by atoms with Crippen molar-refractivity contribution in [2.75, 3.05) is 0 Å². The first-order valence-corrected chi connectivity index (χ1v) is 9.27. The minimum Gasteiger partial charge on any atom is -0.340 e. The van der Waals surface area contributed by atoms with E-state index in [1.54, 1.807) is 6.21 Å². The molecule has 1 unspecified atom stereocenters. The predicted octanol–water partition coefficient (Wildman–Crippen LogP) is 3.85. The Morgan fingerprint density at radius 1 is 0.964 bits per heavy atom. The molecular weight excluding hydrogens is 357 g/mol. The number of nitrogens with zero attached hydrogens (tertiary/aromatic N) is 1. The zero-order valence-electron chi connectivity index (χ0n) is 16.6. The Morgan fingerprint density at radius 3 is 2.11 bits per heavy atom. The molecule has 148 valence electrons. The van der Waals surface area contributed by atoms with E-state index in [0.29, 0.717) is 5.92 Å². The summed E-state index contributed by atoms with van der Waals surface area (Å²) in [6, 6.07) is 12.3. The minimum absolute atomic E-state index is 0.148. The number of nitrogens with one attached hydrogen (secondary N) is 2. The molecule has 0 saturated heterocycles. The van der Waals surface area contributed by atoms with Crippen molar-refractivity contribution in [1.29, 1.82) is 0 Å². The van der Waals surface area contributed by atoms with Crippen molar-refractivity contribution in [2.45, 2.75) is 39.7 Å². The lowest BCUT2D eigenvalue weighted by Gasteiger charge is -2.20. The van der Waals surface area contributed by atoms with Crippen molar-refractivity contribution in [3.8, 4) is 0 Å². The van der Waals surface area contributed by atoms with Gasteiger partial charge in [0, 0.05) is 5.56 Å². The third-order valence-electron chi connectivity index (χ3n) is 4.33. The zero-order chi connectivity index (χ0) is 20.7. The highest BCUT2D eigenvalue weighted by Gasteiger charge is 2.24. The van der Waals surface area contributed by atoms with Crippen LogP contribution >= 0.6 is 0 Å². The van der Waals surface area contributed by atoms with Gasteiger partial charge in [0.05, 0.1) is 6.21 Å². The van der Waals surface area contributed by atoms with Crippen molar-refractivity contribution in [3.05, 3.63) is 71.0 Å². The van der Waals surface area contributed by atoms with Gasteiger partial charge in [-0.1, -0.05) is 52.0 Å².